The van der Waals surface area contributed by atoms with Crippen molar-refractivity contribution in [3.05, 3.63) is 46.0 Å². The maximum absolute atomic E-state index is 13.0. The summed E-state index contributed by atoms with van der Waals surface area (Å²) < 4.78 is 14.2. The van der Waals surface area contributed by atoms with Gasteiger partial charge < -0.3 is 19.7 Å². The zero-order valence-electron chi connectivity index (χ0n) is 26.9. The van der Waals surface area contributed by atoms with Gasteiger partial charge in [0.15, 0.2) is 6.29 Å². The van der Waals surface area contributed by atoms with E-state index in [1.165, 1.54) is 5.57 Å². The number of halogens is 1. The van der Waals surface area contributed by atoms with Gasteiger partial charge in [-0.25, -0.2) is 0 Å². The summed E-state index contributed by atoms with van der Waals surface area (Å²) in [7, 11) is 0. The Bertz CT molecular complexity index is 1340. The van der Waals surface area contributed by atoms with Gasteiger partial charge in [-0.1, -0.05) is 81.3 Å². The van der Waals surface area contributed by atoms with Gasteiger partial charge in [-0.15, -0.1) is 0 Å². The van der Waals surface area contributed by atoms with E-state index >= 15 is 0 Å². The molecule has 0 bridgehead atoms. The summed E-state index contributed by atoms with van der Waals surface area (Å²) in [4.78, 5) is 13.0. The molecule has 236 valence electrons. The molecule has 7 rings (SSSR count). The van der Waals surface area contributed by atoms with Crippen molar-refractivity contribution in [1.29, 1.82) is 0 Å². The normalized spacial score (nSPS) is 50.2. The lowest BCUT2D eigenvalue weighted by molar-refractivity contribution is -0.339. The van der Waals surface area contributed by atoms with E-state index in [0.717, 1.165) is 67.8 Å². The van der Waals surface area contributed by atoms with Crippen molar-refractivity contribution < 1.29 is 24.5 Å². The number of fused-ring (bicyclic) bond motifs is 9. The van der Waals surface area contributed by atoms with Crippen LogP contribution in [0.25, 0.3) is 0 Å². The van der Waals surface area contributed by atoms with Gasteiger partial charge in [-0.2, -0.15) is 0 Å². The van der Waals surface area contributed by atoms with Gasteiger partial charge in [-0.05, 0) is 109 Å². The summed E-state index contributed by atoms with van der Waals surface area (Å²) in [5, 5.41) is 22.5. The van der Waals surface area contributed by atoms with Gasteiger partial charge in [0.25, 0.3) is 0 Å². The number of rotatable bonds is 2. The molecule has 6 aliphatic rings. The SMILES string of the molecule is CC1(C)CC[C@]2(C(=O)O)CC[C@]3(C)C(=CCC4[C@@]5(C)C[C@@H](O)[C@@H]6OC(c7ccc(Br)cc7)OC[C@@]6(C)C5CC[C@]43C)C2C1. The maximum Gasteiger partial charge on any atom is 0.310 e. The molecule has 0 radical (unpaired) electrons. The van der Waals surface area contributed by atoms with E-state index in [9.17, 15) is 15.0 Å². The van der Waals surface area contributed by atoms with Crippen LogP contribution in [0.15, 0.2) is 40.4 Å². The number of allylic oxidation sites excluding steroid dienone is 2. The van der Waals surface area contributed by atoms with Crippen molar-refractivity contribution in [2.45, 2.75) is 118 Å². The molecule has 1 saturated heterocycles. The molecule has 4 saturated carbocycles. The van der Waals surface area contributed by atoms with Gasteiger partial charge in [0.1, 0.15) is 0 Å². The quantitative estimate of drug-likeness (QED) is 0.312. The maximum atomic E-state index is 13.0. The lowest BCUT2D eigenvalue weighted by Crippen LogP contribution is -2.69. The third-order valence-electron chi connectivity index (χ3n) is 14.7. The van der Waals surface area contributed by atoms with Gasteiger partial charge in [0.05, 0.1) is 24.2 Å². The van der Waals surface area contributed by atoms with Crippen LogP contribution in [0.1, 0.15) is 111 Å². The minimum Gasteiger partial charge on any atom is -0.481 e. The molecule has 2 N–H and O–H groups in total. The second kappa shape index (κ2) is 9.65. The lowest BCUT2D eigenvalue weighted by Gasteiger charge is -2.72. The number of hydrogen-bond acceptors (Lipinski definition) is 4. The van der Waals surface area contributed by atoms with Crippen molar-refractivity contribution in [1.82, 2.24) is 0 Å². The Labute approximate surface area is 266 Å². The Morgan fingerprint density at radius 2 is 1.60 bits per heavy atom. The predicted octanol–water partition coefficient (Wildman–Crippen LogP) is 8.70. The fraction of sp³-hybridized carbons (Fsp3) is 0.757. The first-order chi connectivity index (χ1) is 20.1. The van der Waals surface area contributed by atoms with Crippen LogP contribution in [0.3, 0.4) is 0 Å². The largest absolute Gasteiger partial charge is 0.481 e. The van der Waals surface area contributed by atoms with Gasteiger partial charge >= 0.3 is 5.97 Å². The van der Waals surface area contributed by atoms with Crippen LogP contribution in [-0.2, 0) is 14.3 Å². The van der Waals surface area contributed by atoms with Crippen LogP contribution in [0, 0.1) is 50.2 Å². The molecule has 0 aromatic heterocycles. The van der Waals surface area contributed by atoms with Crippen LogP contribution < -0.4 is 0 Å². The van der Waals surface area contributed by atoms with Gasteiger partial charge in [-0.3, -0.25) is 4.79 Å². The van der Waals surface area contributed by atoms with E-state index in [0.29, 0.717) is 18.4 Å². The molecule has 5 fully saturated rings. The smallest absolute Gasteiger partial charge is 0.310 e. The summed E-state index contributed by atoms with van der Waals surface area (Å²) in [5.74, 6) is 0.335. The highest BCUT2D eigenvalue weighted by Crippen LogP contribution is 2.76. The van der Waals surface area contributed by atoms with Crippen LogP contribution >= 0.6 is 15.9 Å². The Balaban J connectivity index is 1.23. The van der Waals surface area contributed by atoms with E-state index in [-0.39, 0.29) is 39.1 Å². The van der Waals surface area contributed by atoms with Crippen molar-refractivity contribution in [3.63, 3.8) is 0 Å². The average molecular weight is 656 g/mol. The number of hydrogen-bond donors (Lipinski definition) is 2. The lowest BCUT2D eigenvalue weighted by atomic mass is 9.33. The first-order valence-electron chi connectivity index (χ1n) is 16.7. The molecule has 4 unspecified atom stereocenters. The van der Waals surface area contributed by atoms with Crippen LogP contribution in [0.4, 0.5) is 0 Å². The molecule has 5 aliphatic carbocycles. The number of benzene rings is 1. The summed E-state index contributed by atoms with van der Waals surface area (Å²) in [6.07, 6.45) is 9.61. The molecule has 43 heavy (non-hydrogen) atoms. The predicted molar refractivity (Wildman–Crippen MR) is 170 cm³/mol. The monoisotopic (exact) mass is 654 g/mol. The van der Waals surface area contributed by atoms with Gasteiger partial charge in [0.2, 0.25) is 0 Å². The fourth-order valence-electron chi connectivity index (χ4n) is 12.2. The number of aliphatic carboxylic acids is 1. The van der Waals surface area contributed by atoms with Crippen LogP contribution in [0.2, 0.25) is 0 Å². The number of aliphatic hydroxyl groups excluding tert-OH is 1. The van der Waals surface area contributed by atoms with Crippen LogP contribution in [0.5, 0.6) is 0 Å². The molecular weight excluding hydrogens is 604 g/mol. The summed E-state index contributed by atoms with van der Waals surface area (Å²) in [5.41, 5.74) is 1.67. The zero-order valence-corrected chi connectivity index (χ0v) is 28.5. The highest BCUT2D eigenvalue weighted by atomic mass is 79.9. The second-order valence-corrected chi connectivity index (χ2v) is 18.1. The fourth-order valence-corrected chi connectivity index (χ4v) is 12.5. The third kappa shape index (κ3) is 4.07. The van der Waals surface area contributed by atoms with E-state index in [1.54, 1.807) is 0 Å². The zero-order chi connectivity index (χ0) is 30.8. The highest BCUT2D eigenvalue weighted by molar-refractivity contribution is 9.10. The van der Waals surface area contributed by atoms with Crippen LogP contribution in [-0.4, -0.2) is 35.0 Å². The molecule has 5 nitrogen and oxygen atoms in total. The van der Waals surface area contributed by atoms with E-state index in [2.05, 4.69) is 63.5 Å². The molecule has 0 spiro atoms. The summed E-state index contributed by atoms with van der Waals surface area (Å²) in [6, 6.07) is 8.09. The van der Waals surface area contributed by atoms with E-state index in [4.69, 9.17) is 9.47 Å². The molecule has 1 aromatic rings. The van der Waals surface area contributed by atoms with Crippen molar-refractivity contribution in [3.8, 4) is 0 Å². The number of carboxylic acid groups (broad SMARTS) is 1. The first kappa shape index (κ1) is 30.4. The molecule has 0 amide bonds. The average Bonchev–Trinajstić information content (AvgIpc) is 2.93. The van der Waals surface area contributed by atoms with Crippen molar-refractivity contribution in [2.24, 2.45) is 50.2 Å². The standard InChI is InChI=1S/C37H51BrO5/c1-32(2)15-17-37(31(40)41)18-16-35(5)24(25(37)19-32)11-12-28-33(3)20-26(39)29-34(4,27(33)13-14-36(28,35)6)21-42-30(43-29)22-7-9-23(38)10-8-22/h7-11,25-30,39H,12-21H2,1-6H3,(H,40,41)/t25?,26-,27?,28?,29+,30?,33+,34+,35-,36-,37+/m1/s1. The van der Waals surface area contributed by atoms with Gasteiger partial charge in [0, 0.05) is 15.5 Å². The Morgan fingerprint density at radius 1 is 0.907 bits per heavy atom. The molecule has 1 aliphatic heterocycles. The number of aliphatic hydroxyl groups is 1. The molecule has 1 heterocycles. The highest BCUT2D eigenvalue weighted by Gasteiger charge is 2.71. The van der Waals surface area contributed by atoms with E-state index in [1.807, 2.05) is 24.3 Å². The Kier molecular flexibility index (Phi) is 6.83. The minimum atomic E-state index is -0.616. The van der Waals surface area contributed by atoms with E-state index < -0.39 is 23.8 Å². The summed E-state index contributed by atoms with van der Waals surface area (Å²) in [6.45, 7) is 15.0. The Hall–Kier alpha value is -1.21. The summed E-state index contributed by atoms with van der Waals surface area (Å²) >= 11 is 3.52. The topological polar surface area (TPSA) is 76.0 Å². The molecule has 11 atom stereocenters. The number of ether oxygens (including phenoxy) is 2. The Morgan fingerprint density at radius 3 is 2.30 bits per heavy atom. The van der Waals surface area contributed by atoms with Crippen molar-refractivity contribution >= 4 is 21.9 Å². The first-order valence-corrected chi connectivity index (χ1v) is 17.5. The third-order valence-corrected chi connectivity index (χ3v) is 15.3. The van der Waals surface area contributed by atoms with Crippen molar-refractivity contribution in [2.75, 3.05) is 6.61 Å². The second-order valence-electron chi connectivity index (χ2n) is 17.2. The number of carboxylic acids is 1. The molecular formula is C37H51BrO5. The number of carbonyl (C=O) groups is 1. The molecule has 1 aromatic carbocycles. The minimum absolute atomic E-state index is 0.0319. The molecule has 6 heteroatoms.